The largest absolute Gasteiger partial charge is 0.409 e. The Balaban J connectivity index is 2.93. The van der Waals surface area contributed by atoms with Crippen molar-refractivity contribution >= 4 is 23.1 Å². The molecule has 2 N–H and O–H groups in total. The first kappa shape index (κ1) is 17.0. The van der Waals surface area contributed by atoms with Crippen LogP contribution < -0.4 is 5.73 Å². The van der Waals surface area contributed by atoms with Crippen LogP contribution in [0.4, 0.5) is 26.3 Å². The average molecular weight is 322 g/mol. The number of carbonyl (C=O) groups is 1. The van der Waals surface area contributed by atoms with Crippen LogP contribution in [0.25, 0.3) is 0 Å². The Hall–Kier alpha value is -1.06. The lowest BCUT2D eigenvalue weighted by Crippen LogP contribution is -2.53. The molecule has 0 bridgehead atoms. The zero-order valence-electron chi connectivity index (χ0n) is 10.1. The first-order chi connectivity index (χ1) is 8.94. The number of alkyl halides is 6. The molecule has 10 heteroatoms. The molecule has 0 aromatic heterocycles. The minimum atomic E-state index is -5.68. The van der Waals surface area contributed by atoms with E-state index in [1.807, 2.05) is 0 Å². The lowest BCUT2D eigenvalue weighted by atomic mass is 9.96. The smallest absolute Gasteiger partial charge is 0.393 e. The highest BCUT2D eigenvalue weighted by Gasteiger charge is 2.62. The predicted octanol–water partition coefficient (Wildman–Crippen LogP) is 2.25. The second-order valence-electron chi connectivity index (χ2n) is 4.54. The van der Waals surface area contributed by atoms with Gasteiger partial charge in [-0.05, 0) is 12.8 Å². The molecule has 0 aliphatic carbocycles. The molecule has 116 valence electrons. The molecule has 1 atom stereocenters. The number of nitrogens with zero attached hydrogens (tertiary/aromatic N) is 1. The molecule has 1 saturated heterocycles. The van der Waals surface area contributed by atoms with E-state index in [4.69, 9.17) is 5.73 Å². The summed E-state index contributed by atoms with van der Waals surface area (Å²) in [5, 5.41) is 0. The van der Waals surface area contributed by atoms with Gasteiger partial charge in [-0.1, -0.05) is 12.2 Å². The van der Waals surface area contributed by atoms with Gasteiger partial charge in [-0.25, -0.2) is 0 Å². The van der Waals surface area contributed by atoms with E-state index >= 15 is 0 Å². The molecule has 1 aliphatic rings. The van der Waals surface area contributed by atoms with Gasteiger partial charge in [0.2, 0.25) is 11.8 Å². The minimum absolute atomic E-state index is 0.0157. The molecule has 1 amide bonds. The van der Waals surface area contributed by atoms with Crippen LogP contribution in [0.2, 0.25) is 0 Å². The number of carbonyl (C=O) groups excluding carboxylic acids is 1. The van der Waals surface area contributed by atoms with Gasteiger partial charge in [0.25, 0.3) is 0 Å². The monoisotopic (exact) mass is 322 g/mol. The van der Waals surface area contributed by atoms with Gasteiger partial charge < -0.3 is 10.6 Å². The molecule has 1 rings (SSSR count). The minimum Gasteiger partial charge on any atom is -0.393 e. The molecule has 20 heavy (non-hydrogen) atoms. The van der Waals surface area contributed by atoms with Crippen LogP contribution in [0.5, 0.6) is 0 Å². The number of rotatable bonds is 2. The Kier molecular flexibility index (Phi) is 4.88. The maximum Gasteiger partial charge on any atom is 0.409 e. The van der Waals surface area contributed by atoms with Gasteiger partial charge in [-0.2, -0.15) is 26.3 Å². The number of halogens is 6. The standard InChI is InChI=1S/C10H12F6N2OS/c11-9(12,13)6(10(14,15)16)8(19)18-3-1-2-5(4-18)7(17)20/h5-6H,1-4H2,(H2,17,20). The van der Waals surface area contributed by atoms with E-state index in [1.165, 1.54) is 0 Å². The van der Waals surface area contributed by atoms with E-state index in [0.717, 1.165) is 0 Å². The number of hydrogen-bond donors (Lipinski definition) is 1. The summed E-state index contributed by atoms with van der Waals surface area (Å²) in [5.41, 5.74) is 5.33. The van der Waals surface area contributed by atoms with Crippen molar-refractivity contribution in [2.24, 2.45) is 17.6 Å². The third kappa shape index (κ3) is 3.97. The average Bonchev–Trinajstić information content (AvgIpc) is 2.25. The lowest BCUT2D eigenvalue weighted by molar-refractivity contribution is -0.277. The van der Waals surface area contributed by atoms with Crippen molar-refractivity contribution in [3.8, 4) is 0 Å². The second kappa shape index (κ2) is 5.74. The van der Waals surface area contributed by atoms with Gasteiger partial charge in [-0.3, -0.25) is 4.79 Å². The fourth-order valence-electron chi connectivity index (χ4n) is 2.06. The SMILES string of the molecule is NC(=S)C1CCCN(C(=O)C(C(F)(F)F)C(F)(F)F)C1. The number of amides is 1. The maximum absolute atomic E-state index is 12.5. The first-order valence-corrected chi connectivity index (χ1v) is 6.07. The quantitative estimate of drug-likeness (QED) is 0.626. The van der Waals surface area contributed by atoms with E-state index in [9.17, 15) is 31.1 Å². The van der Waals surface area contributed by atoms with Crippen molar-refractivity contribution in [2.75, 3.05) is 13.1 Å². The third-order valence-electron chi connectivity index (χ3n) is 3.04. The molecular formula is C10H12F6N2OS. The zero-order chi connectivity index (χ0) is 15.7. The molecule has 0 radical (unpaired) electrons. The van der Waals surface area contributed by atoms with E-state index in [1.54, 1.807) is 0 Å². The number of piperidine rings is 1. The molecule has 0 aromatic rings. The molecule has 1 aliphatic heterocycles. The molecule has 0 saturated carbocycles. The van der Waals surface area contributed by atoms with E-state index in [2.05, 4.69) is 12.2 Å². The van der Waals surface area contributed by atoms with Crippen LogP contribution in [0.15, 0.2) is 0 Å². The molecule has 1 heterocycles. The Labute approximate surface area is 116 Å². The van der Waals surface area contributed by atoms with Gasteiger partial charge in [0.1, 0.15) is 0 Å². The van der Waals surface area contributed by atoms with Crippen LogP contribution in [0.3, 0.4) is 0 Å². The molecule has 0 spiro atoms. The van der Waals surface area contributed by atoms with Crippen LogP contribution in [-0.4, -0.2) is 41.2 Å². The van der Waals surface area contributed by atoms with E-state index < -0.39 is 30.1 Å². The fourth-order valence-corrected chi connectivity index (χ4v) is 2.25. The van der Waals surface area contributed by atoms with Gasteiger partial charge in [0, 0.05) is 19.0 Å². The molecule has 0 aromatic carbocycles. The van der Waals surface area contributed by atoms with E-state index in [-0.39, 0.29) is 24.5 Å². The van der Waals surface area contributed by atoms with Gasteiger partial charge in [0.05, 0.1) is 4.99 Å². The van der Waals surface area contributed by atoms with Gasteiger partial charge >= 0.3 is 12.4 Å². The van der Waals surface area contributed by atoms with Crippen LogP contribution in [0.1, 0.15) is 12.8 Å². The molecule has 1 fully saturated rings. The van der Waals surface area contributed by atoms with E-state index in [0.29, 0.717) is 11.3 Å². The third-order valence-corrected chi connectivity index (χ3v) is 3.37. The van der Waals surface area contributed by atoms with Gasteiger partial charge in [-0.15, -0.1) is 0 Å². The Morgan fingerprint density at radius 2 is 1.70 bits per heavy atom. The van der Waals surface area contributed by atoms with Crippen molar-refractivity contribution in [1.82, 2.24) is 4.90 Å². The molecular weight excluding hydrogens is 310 g/mol. The van der Waals surface area contributed by atoms with Gasteiger partial charge in [0.15, 0.2) is 0 Å². The topological polar surface area (TPSA) is 46.3 Å². The van der Waals surface area contributed by atoms with Crippen LogP contribution >= 0.6 is 12.2 Å². The summed E-state index contributed by atoms with van der Waals surface area (Å²) < 4.78 is 74.8. The highest BCUT2D eigenvalue weighted by atomic mass is 32.1. The van der Waals surface area contributed by atoms with Crippen LogP contribution in [0, 0.1) is 11.8 Å². The number of thiocarbonyl (C=S) groups is 1. The summed E-state index contributed by atoms with van der Waals surface area (Å²) in [6.07, 6.45) is -10.6. The summed E-state index contributed by atoms with van der Waals surface area (Å²) in [6.45, 7) is -0.475. The molecule has 1 unspecified atom stereocenters. The lowest BCUT2D eigenvalue weighted by Gasteiger charge is -2.35. The maximum atomic E-state index is 12.5. The number of likely N-dealkylation sites (tertiary alicyclic amines) is 1. The Morgan fingerprint density at radius 3 is 2.10 bits per heavy atom. The Bertz CT molecular complexity index is 380. The first-order valence-electron chi connectivity index (χ1n) is 5.66. The predicted molar refractivity (Wildman–Crippen MR) is 61.7 cm³/mol. The van der Waals surface area contributed by atoms with Crippen molar-refractivity contribution in [3.05, 3.63) is 0 Å². The highest BCUT2D eigenvalue weighted by molar-refractivity contribution is 7.80. The fraction of sp³-hybridized carbons (Fsp3) is 0.800. The summed E-state index contributed by atoms with van der Waals surface area (Å²) in [7, 11) is 0. The Morgan fingerprint density at radius 1 is 1.20 bits per heavy atom. The van der Waals surface area contributed by atoms with Crippen molar-refractivity contribution in [2.45, 2.75) is 25.2 Å². The summed E-state index contributed by atoms with van der Waals surface area (Å²) in [6, 6.07) is 0. The summed E-state index contributed by atoms with van der Waals surface area (Å²) in [5.74, 6) is -6.55. The normalized spacial score (nSPS) is 21.1. The summed E-state index contributed by atoms with van der Waals surface area (Å²) in [4.78, 5) is 12.1. The summed E-state index contributed by atoms with van der Waals surface area (Å²) >= 11 is 4.66. The van der Waals surface area contributed by atoms with Crippen molar-refractivity contribution in [3.63, 3.8) is 0 Å². The second-order valence-corrected chi connectivity index (χ2v) is 5.01. The zero-order valence-corrected chi connectivity index (χ0v) is 10.9. The van der Waals surface area contributed by atoms with Crippen LogP contribution in [-0.2, 0) is 4.79 Å². The number of nitrogens with two attached hydrogens (primary N) is 1. The number of hydrogen-bond acceptors (Lipinski definition) is 2. The van der Waals surface area contributed by atoms with Crippen molar-refractivity contribution in [1.29, 1.82) is 0 Å². The van der Waals surface area contributed by atoms with Crippen molar-refractivity contribution < 1.29 is 31.1 Å². The highest BCUT2D eigenvalue weighted by Crippen LogP contribution is 2.40. The molecule has 3 nitrogen and oxygen atoms in total.